The van der Waals surface area contributed by atoms with E-state index in [0.717, 1.165) is 12.1 Å². The molecular formula is C12H14Br2N2O3. The molecule has 0 aliphatic heterocycles. The van der Waals surface area contributed by atoms with Crippen molar-refractivity contribution in [2.75, 3.05) is 19.7 Å². The number of non-ortho nitro benzene ring substituents is 1. The first-order chi connectivity index (χ1) is 8.95. The zero-order chi connectivity index (χ0) is 14.4. The highest BCUT2D eigenvalue weighted by Crippen LogP contribution is 2.37. The van der Waals surface area contributed by atoms with Crippen LogP contribution in [-0.4, -0.2) is 24.6 Å². The summed E-state index contributed by atoms with van der Waals surface area (Å²) >= 11 is 6.53. The Hall–Kier alpha value is -0.920. The number of nitrogens with zero attached hydrogens (tertiary/aromatic N) is 1. The van der Waals surface area contributed by atoms with E-state index in [1.165, 1.54) is 12.1 Å². The molecule has 1 rings (SSSR count). The van der Waals surface area contributed by atoms with Crippen molar-refractivity contribution in [3.8, 4) is 5.75 Å². The first-order valence-corrected chi connectivity index (χ1v) is 7.18. The minimum absolute atomic E-state index is 0.00224. The monoisotopic (exact) mass is 392 g/mol. The summed E-state index contributed by atoms with van der Waals surface area (Å²) in [6.45, 7) is 7.79. The van der Waals surface area contributed by atoms with Crippen LogP contribution in [0.3, 0.4) is 0 Å². The van der Waals surface area contributed by atoms with Gasteiger partial charge in [-0.25, -0.2) is 0 Å². The molecule has 0 unspecified atom stereocenters. The highest BCUT2D eigenvalue weighted by Gasteiger charge is 2.15. The van der Waals surface area contributed by atoms with Gasteiger partial charge >= 0.3 is 0 Å². The Kier molecular flexibility index (Phi) is 6.47. The topological polar surface area (TPSA) is 64.4 Å². The van der Waals surface area contributed by atoms with Gasteiger partial charge in [-0.15, -0.1) is 0 Å². The summed E-state index contributed by atoms with van der Waals surface area (Å²) in [5.74, 6) is 0.531. The fourth-order valence-electron chi connectivity index (χ4n) is 1.32. The molecule has 104 valence electrons. The molecule has 0 aromatic heterocycles. The molecule has 0 saturated carbocycles. The molecule has 0 aliphatic rings. The van der Waals surface area contributed by atoms with Gasteiger partial charge in [-0.1, -0.05) is 13.5 Å². The summed E-state index contributed by atoms with van der Waals surface area (Å²) in [6.07, 6.45) is 0. The van der Waals surface area contributed by atoms with Crippen molar-refractivity contribution in [3.05, 3.63) is 43.3 Å². The van der Waals surface area contributed by atoms with Crippen LogP contribution >= 0.6 is 31.9 Å². The molecule has 0 radical (unpaired) electrons. The van der Waals surface area contributed by atoms with Gasteiger partial charge in [-0.3, -0.25) is 10.1 Å². The van der Waals surface area contributed by atoms with Crippen LogP contribution in [0, 0.1) is 10.1 Å². The van der Waals surface area contributed by atoms with E-state index in [1.54, 1.807) is 0 Å². The summed E-state index contributed by atoms with van der Waals surface area (Å²) in [7, 11) is 0. The van der Waals surface area contributed by atoms with Gasteiger partial charge in [-0.05, 0) is 44.0 Å². The number of hydrogen-bond acceptors (Lipinski definition) is 4. The Bertz CT molecular complexity index is 469. The fourth-order valence-corrected chi connectivity index (χ4v) is 2.71. The molecule has 0 amide bonds. The molecular weight excluding hydrogens is 380 g/mol. The molecule has 0 heterocycles. The molecule has 1 aromatic rings. The third kappa shape index (κ3) is 4.93. The Labute approximate surface area is 128 Å². The Morgan fingerprint density at radius 1 is 1.47 bits per heavy atom. The second-order valence-corrected chi connectivity index (χ2v) is 5.52. The Balaban J connectivity index is 2.74. The van der Waals surface area contributed by atoms with Gasteiger partial charge in [0.15, 0.2) is 0 Å². The van der Waals surface area contributed by atoms with Crippen molar-refractivity contribution in [2.24, 2.45) is 0 Å². The van der Waals surface area contributed by atoms with Gasteiger partial charge in [0, 0.05) is 18.7 Å². The average Bonchev–Trinajstić information content (AvgIpc) is 2.34. The van der Waals surface area contributed by atoms with Crippen LogP contribution < -0.4 is 10.1 Å². The Morgan fingerprint density at radius 3 is 2.53 bits per heavy atom. The van der Waals surface area contributed by atoms with Crippen LogP contribution in [0.25, 0.3) is 0 Å². The summed E-state index contributed by atoms with van der Waals surface area (Å²) < 4.78 is 6.67. The minimum atomic E-state index is -0.455. The molecule has 0 fully saturated rings. The van der Waals surface area contributed by atoms with Crippen molar-refractivity contribution in [1.82, 2.24) is 5.32 Å². The minimum Gasteiger partial charge on any atom is -0.487 e. The lowest BCUT2D eigenvalue weighted by Crippen LogP contribution is -2.19. The maximum Gasteiger partial charge on any atom is 0.271 e. The number of hydrogen-bond donors (Lipinski definition) is 1. The van der Waals surface area contributed by atoms with Crippen LogP contribution in [-0.2, 0) is 0 Å². The first-order valence-electron chi connectivity index (χ1n) is 5.59. The van der Waals surface area contributed by atoms with E-state index in [0.29, 0.717) is 27.8 Å². The summed E-state index contributed by atoms with van der Waals surface area (Å²) in [5.41, 5.74) is 0.900. The molecule has 0 saturated heterocycles. The van der Waals surface area contributed by atoms with Crippen LogP contribution in [0.15, 0.2) is 33.2 Å². The van der Waals surface area contributed by atoms with Crippen LogP contribution in [0.5, 0.6) is 5.75 Å². The first kappa shape index (κ1) is 16.1. The highest BCUT2D eigenvalue weighted by atomic mass is 79.9. The van der Waals surface area contributed by atoms with E-state index in [4.69, 9.17) is 4.74 Å². The lowest BCUT2D eigenvalue weighted by Gasteiger charge is -2.12. The molecule has 0 bridgehead atoms. The number of benzene rings is 1. The van der Waals surface area contributed by atoms with Crippen molar-refractivity contribution >= 4 is 37.5 Å². The largest absolute Gasteiger partial charge is 0.487 e. The van der Waals surface area contributed by atoms with E-state index < -0.39 is 4.92 Å². The molecule has 0 spiro atoms. The van der Waals surface area contributed by atoms with Gasteiger partial charge < -0.3 is 10.1 Å². The smallest absolute Gasteiger partial charge is 0.271 e. The van der Waals surface area contributed by atoms with Crippen LogP contribution in [0.4, 0.5) is 5.69 Å². The zero-order valence-electron chi connectivity index (χ0n) is 10.4. The van der Waals surface area contributed by atoms with E-state index in [1.807, 2.05) is 6.92 Å². The number of rotatable bonds is 7. The number of halogens is 2. The third-order valence-corrected chi connectivity index (χ3v) is 3.42. The van der Waals surface area contributed by atoms with Crippen LogP contribution in [0.2, 0.25) is 0 Å². The molecule has 0 aliphatic carbocycles. The van der Waals surface area contributed by atoms with E-state index in [-0.39, 0.29) is 5.69 Å². The molecule has 5 nitrogen and oxygen atoms in total. The van der Waals surface area contributed by atoms with Gasteiger partial charge in [0.1, 0.15) is 12.4 Å². The number of likely N-dealkylation sites (N-methyl/N-ethyl adjacent to an activating group) is 1. The number of nitro benzene ring substituents is 1. The summed E-state index contributed by atoms with van der Waals surface area (Å²) in [6, 6.07) is 2.82. The number of ether oxygens (including phenoxy) is 1. The van der Waals surface area contributed by atoms with E-state index in [2.05, 4.69) is 43.8 Å². The molecule has 7 heteroatoms. The highest BCUT2D eigenvalue weighted by molar-refractivity contribution is 9.11. The second kappa shape index (κ2) is 7.62. The number of nitro groups is 1. The predicted molar refractivity (Wildman–Crippen MR) is 81.7 cm³/mol. The summed E-state index contributed by atoms with van der Waals surface area (Å²) in [4.78, 5) is 10.2. The normalized spacial score (nSPS) is 10.3. The zero-order valence-corrected chi connectivity index (χ0v) is 13.6. The van der Waals surface area contributed by atoms with Crippen LogP contribution in [0.1, 0.15) is 6.92 Å². The maximum atomic E-state index is 10.7. The molecule has 1 aromatic carbocycles. The van der Waals surface area contributed by atoms with E-state index >= 15 is 0 Å². The predicted octanol–water partition coefficient (Wildman–Crippen LogP) is 3.66. The summed E-state index contributed by atoms with van der Waals surface area (Å²) in [5, 5.41) is 13.8. The van der Waals surface area contributed by atoms with E-state index in [9.17, 15) is 10.1 Å². The van der Waals surface area contributed by atoms with Crippen molar-refractivity contribution in [1.29, 1.82) is 0 Å². The quantitative estimate of drug-likeness (QED) is 0.436. The fraction of sp³-hybridized carbons (Fsp3) is 0.333. The standard InChI is InChI=1S/C12H14Br2N2O3/c1-3-15-6-8(2)7-19-12-10(13)4-9(16(17)18)5-11(12)14/h4-5,15H,2-3,6-7H2,1H3. The van der Waals surface area contributed by atoms with Gasteiger partial charge in [0.2, 0.25) is 0 Å². The second-order valence-electron chi connectivity index (χ2n) is 3.81. The van der Waals surface area contributed by atoms with Gasteiger partial charge in [-0.2, -0.15) is 0 Å². The lowest BCUT2D eigenvalue weighted by molar-refractivity contribution is -0.385. The third-order valence-electron chi connectivity index (χ3n) is 2.24. The molecule has 1 N–H and O–H groups in total. The van der Waals surface area contributed by atoms with Crippen molar-refractivity contribution < 1.29 is 9.66 Å². The Morgan fingerprint density at radius 2 is 2.05 bits per heavy atom. The average molecular weight is 394 g/mol. The molecule has 19 heavy (non-hydrogen) atoms. The number of nitrogens with one attached hydrogen (secondary N) is 1. The lowest BCUT2D eigenvalue weighted by atomic mass is 10.3. The van der Waals surface area contributed by atoms with Crippen molar-refractivity contribution in [2.45, 2.75) is 6.92 Å². The van der Waals surface area contributed by atoms with Gasteiger partial charge in [0.05, 0.1) is 13.9 Å². The maximum absolute atomic E-state index is 10.7. The SMILES string of the molecule is C=C(CNCC)COc1c(Br)cc([N+](=O)[O-])cc1Br. The van der Waals surface area contributed by atoms with Gasteiger partial charge in [0.25, 0.3) is 5.69 Å². The van der Waals surface area contributed by atoms with Crippen molar-refractivity contribution in [3.63, 3.8) is 0 Å². The molecule has 0 atom stereocenters.